The molecule has 5 heteroatoms. The maximum atomic E-state index is 11.7. The first-order valence-electron chi connectivity index (χ1n) is 4.62. The predicted octanol–water partition coefficient (Wildman–Crippen LogP) is 0.612. The van der Waals surface area contributed by atoms with Crippen molar-refractivity contribution in [2.75, 3.05) is 0 Å². The summed E-state index contributed by atoms with van der Waals surface area (Å²) in [6.45, 7) is 2.02. The monoisotopic (exact) mass is 206 g/mol. The number of benzene rings is 1. The van der Waals surface area contributed by atoms with Crippen LogP contribution in [-0.4, -0.2) is 9.31 Å². The van der Waals surface area contributed by atoms with E-state index in [2.05, 4.69) is 0 Å². The van der Waals surface area contributed by atoms with Crippen LogP contribution in [0, 0.1) is 0 Å². The lowest BCUT2D eigenvalue weighted by Gasteiger charge is -1.95. The third kappa shape index (κ3) is 1.52. The van der Waals surface area contributed by atoms with Crippen molar-refractivity contribution in [2.24, 2.45) is 0 Å². The second kappa shape index (κ2) is 3.61. The number of nitrogens with zero attached hydrogens (tertiary/aromatic N) is 2. The van der Waals surface area contributed by atoms with Crippen LogP contribution in [0.4, 0.5) is 0 Å². The van der Waals surface area contributed by atoms with Gasteiger partial charge in [-0.2, -0.15) is 0 Å². The molecule has 0 aliphatic heterocycles. The Morgan fingerprint density at radius 3 is 2.40 bits per heavy atom. The molecule has 5 nitrogen and oxygen atoms in total. The van der Waals surface area contributed by atoms with E-state index < -0.39 is 11.4 Å². The zero-order chi connectivity index (χ0) is 10.8. The molecule has 0 saturated carbocycles. The topological polar surface area (TPSA) is 57.1 Å². The number of rotatable bonds is 2. The highest BCUT2D eigenvalue weighted by molar-refractivity contribution is 5.28. The summed E-state index contributed by atoms with van der Waals surface area (Å²) in [5.41, 5.74) is 0.0977. The zero-order valence-corrected chi connectivity index (χ0v) is 8.21. The summed E-state index contributed by atoms with van der Waals surface area (Å²) in [5, 5.41) is 0. The van der Waals surface area contributed by atoms with Crippen molar-refractivity contribution in [1.29, 1.82) is 0 Å². The summed E-state index contributed by atoms with van der Waals surface area (Å²) in [5.74, 6) is -0.633. The zero-order valence-electron chi connectivity index (χ0n) is 8.21. The Labute approximate surface area is 85.1 Å². The van der Waals surface area contributed by atoms with E-state index in [1.54, 1.807) is 31.2 Å². The first kappa shape index (κ1) is 9.51. The van der Waals surface area contributed by atoms with E-state index in [1.807, 2.05) is 6.07 Å². The van der Waals surface area contributed by atoms with E-state index >= 15 is 0 Å². The van der Waals surface area contributed by atoms with Crippen molar-refractivity contribution in [1.82, 2.24) is 9.31 Å². The van der Waals surface area contributed by atoms with Crippen molar-refractivity contribution < 1.29 is 4.52 Å². The fourth-order valence-corrected chi connectivity index (χ4v) is 1.35. The van der Waals surface area contributed by atoms with Crippen LogP contribution in [0.25, 0.3) is 5.69 Å². The predicted molar refractivity (Wildman–Crippen MR) is 54.2 cm³/mol. The van der Waals surface area contributed by atoms with Gasteiger partial charge in [0.25, 0.3) is 0 Å². The van der Waals surface area contributed by atoms with Crippen molar-refractivity contribution in [3.8, 4) is 5.69 Å². The van der Waals surface area contributed by atoms with Crippen LogP contribution in [0.15, 0.2) is 44.4 Å². The molecule has 0 saturated heterocycles. The van der Waals surface area contributed by atoms with Crippen LogP contribution in [0.3, 0.4) is 0 Å². The van der Waals surface area contributed by atoms with Gasteiger partial charge >= 0.3 is 11.4 Å². The van der Waals surface area contributed by atoms with Crippen LogP contribution in [0.1, 0.15) is 6.92 Å². The summed E-state index contributed by atoms with van der Waals surface area (Å²) in [7, 11) is 0. The summed E-state index contributed by atoms with van der Waals surface area (Å²) in [4.78, 5) is 22.9. The largest absolute Gasteiger partial charge is 0.443 e. The molecule has 1 heterocycles. The number of aromatic nitrogens is 2. The average molecular weight is 206 g/mol. The minimum atomic E-state index is -0.633. The Morgan fingerprint density at radius 1 is 1.20 bits per heavy atom. The standard InChI is InChI=1S/C10H10N2O3/c1-2-11-9(13)12(15-10(11)14)8-6-4-3-5-7-8/h3-7H,2H2,1H3. The van der Waals surface area contributed by atoms with Crippen LogP contribution in [0.2, 0.25) is 0 Å². The molecule has 0 atom stereocenters. The molecule has 78 valence electrons. The van der Waals surface area contributed by atoms with Gasteiger partial charge < -0.3 is 4.52 Å². The van der Waals surface area contributed by atoms with Gasteiger partial charge in [-0.1, -0.05) is 18.2 Å². The quantitative estimate of drug-likeness (QED) is 0.723. The second-order valence-electron chi connectivity index (χ2n) is 3.01. The fraction of sp³-hybridized carbons (Fsp3) is 0.200. The molecule has 0 aliphatic rings. The Bertz CT molecular complexity index is 562. The summed E-state index contributed by atoms with van der Waals surface area (Å²) in [6, 6.07) is 8.76. The molecule has 0 unspecified atom stereocenters. The minimum Gasteiger partial charge on any atom is -0.312 e. The Kier molecular flexibility index (Phi) is 2.29. The Balaban J connectivity index is 2.66. The number of para-hydroxylation sites is 1. The van der Waals surface area contributed by atoms with Crippen molar-refractivity contribution in [3.05, 3.63) is 51.4 Å². The van der Waals surface area contributed by atoms with E-state index in [9.17, 15) is 9.59 Å². The second-order valence-corrected chi connectivity index (χ2v) is 3.01. The molecule has 2 rings (SSSR count). The molecule has 1 aromatic heterocycles. The fourth-order valence-electron chi connectivity index (χ4n) is 1.35. The van der Waals surface area contributed by atoms with Gasteiger partial charge in [-0.15, -0.1) is 4.74 Å². The molecule has 0 radical (unpaired) electrons. The molecule has 0 bridgehead atoms. The summed E-state index contributed by atoms with van der Waals surface area (Å²) < 4.78 is 6.86. The van der Waals surface area contributed by atoms with Gasteiger partial charge in [0.2, 0.25) is 0 Å². The third-order valence-electron chi connectivity index (χ3n) is 2.10. The summed E-state index contributed by atoms with van der Waals surface area (Å²) in [6.07, 6.45) is 0. The molecular formula is C10H10N2O3. The molecule has 1 aromatic carbocycles. The van der Waals surface area contributed by atoms with E-state index in [-0.39, 0.29) is 0 Å². The lowest BCUT2D eigenvalue weighted by atomic mass is 10.3. The van der Waals surface area contributed by atoms with Crippen molar-refractivity contribution in [2.45, 2.75) is 13.5 Å². The van der Waals surface area contributed by atoms with Gasteiger partial charge in [0, 0.05) is 6.54 Å². The summed E-state index contributed by atoms with van der Waals surface area (Å²) >= 11 is 0. The molecule has 0 spiro atoms. The smallest absolute Gasteiger partial charge is 0.312 e. The highest BCUT2D eigenvalue weighted by atomic mass is 16.5. The highest BCUT2D eigenvalue weighted by Crippen LogP contribution is 2.01. The SMILES string of the molecule is CCn1c(=O)on(-c2ccccc2)c1=O. The van der Waals surface area contributed by atoms with Crippen molar-refractivity contribution in [3.63, 3.8) is 0 Å². The normalized spacial score (nSPS) is 10.5. The average Bonchev–Trinajstić information content (AvgIpc) is 2.55. The van der Waals surface area contributed by atoms with E-state index in [1.165, 1.54) is 0 Å². The molecular weight excluding hydrogens is 196 g/mol. The van der Waals surface area contributed by atoms with Crippen LogP contribution in [0.5, 0.6) is 0 Å². The van der Waals surface area contributed by atoms with Gasteiger partial charge in [0.15, 0.2) is 0 Å². The minimum absolute atomic E-state index is 0.307. The van der Waals surface area contributed by atoms with Crippen LogP contribution < -0.4 is 11.4 Å². The Hall–Kier alpha value is -2.04. The molecule has 0 amide bonds. The van der Waals surface area contributed by atoms with Gasteiger partial charge in [0.1, 0.15) is 0 Å². The highest BCUT2D eigenvalue weighted by Gasteiger charge is 2.10. The van der Waals surface area contributed by atoms with E-state index in [0.717, 1.165) is 9.31 Å². The first-order chi connectivity index (χ1) is 7.24. The van der Waals surface area contributed by atoms with Crippen molar-refractivity contribution >= 4 is 0 Å². The van der Waals surface area contributed by atoms with Gasteiger partial charge in [-0.05, 0) is 19.1 Å². The maximum absolute atomic E-state index is 11.7. The maximum Gasteiger partial charge on any atom is 0.443 e. The first-order valence-corrected chi connectivity index (χ1v) is 4.62. The third-order valence-corrected chi connectivity index (χ3v) is 2.10. The van der Waals surface area contributed by atoms with Crippen LogP contribution >= 0.6 is 0 Å². The molecule has 0 aliphatic carbocycles. The molecule has 0 N–H and O–H groups in total. The molecule has 2 aromatic rings. The lowest BCUT2D eigenvalue weighted by Crippen LogP contribution is -2.27. The van der Waals surface area contributed by atoms with E-state index in [4.69, 9.17) is 4.52 Å². The van der Waals surface area contributed by atoms with E-state index in [0.29, 0.717) is 12.2 Å². The number of hydrogen-bond donors (Lipinski definition) is 0. The van der Waals surface area contributed by atoms with Gasteiger partial charge in [0.05, 0.1) is 5.69 Å². The molecule has 0 fully saturated rings. The van der Waals surface area contributed by atoms with Crippen LogP contribution in [-0.2, 0) is 6.54 Å². The van der Waals surface area contributed by atoms with Gasteiger partial charge in [-0.25, -0.2) is 14.2 Å². The Morgan fingerprint density at radius 2 is 1.87 bits per heavy atom. The van der Waals surface area contributed by atoms with Gasteiger partial charge in [-0.3, -0.25) is 0 Å². The number of hydrogen-bond acceptors (Lipinski definition) is 3. The molecule has 15 heavy (non-hydrogen) atoms. The lowest BCUT2D eigenvalue weighted by molar-refractivity contribution is 0.311.